The first kappa shape index (κ1) is 19.3. The quantitative estimate of drug-likeness (QED) is 0.826. The second-order valence-corrected chi connectivity index (χ2v) is 5.77. The van der Waals surface area contributed by atoms with E-state index in [0.29, 0.717) is 35.8 Å². The van der Waals surface area contributed by atoms with Crippen LogP contribution >= 0.6 is 0 Å². The zero-order chi connectivity index (χ0) is 19.1. The molecule has 0 radical (unpaired) electrons. The molecule has 138 valence electrons. The number of hydrogen-bond donors (Lipinski definition) is 1. The molecule has 0 bridgehead atoms. The fourth-order valence-corrected chi connectivity index (χ4v) is 2.64. The van der Waals surface area contributed by atoms with Gasteiger partial charge in [0.25, 0.3) is 5.91 Å². The molecule has 0 heterocycles. The van der Waals surface area contributed by atoms with Crippen molar-refractivity contribution < 1.29 is 19.1 Å². The summed E-state index contributed by atoms with van der Waals surface area (Å²) in [4.78, 5) is 25.8. The van der Waals surface area contributed by atoms with E-state index in [4.69, 9.17) is 9.47 Å². The summed E-state index contributed by atoms with van der Waals surface area (Å²) < 4.78 is 10.6. The van der Waals surface area contributed by atoms with E-state index in [2.05, 4.69) is 5.32 Å². The highest BCUT2D eigenvalue weighted by molar-refractivity contribution is 5.96. The lowest BCUT2D eigenvalue weighted by Gasteiger charge is -2.22. The maximum Gasteiger partial charge on any atom is 0.254 e. The van der Waals surface area contributed by atoms with Gasteiger partial charge in [-0.1, -0.05) is 12.1 Å². The molecule has 2 aromatic rings. The molecule has 0 spiro atoms. The number of carbonyl (C=O) groups excluding carboxylic acids is 2. The van der Waals surface area contributed by atoms with Crippen LogP contribution in [0.5, 0.6) is 11.5 Å². The summed E-state index contributed by atoms with van der Waals surface area (Å²) in [6, 6.07) is 12.5. The van der Waals surface area contributed by atoms with E-state index >= 15 is 0 Å². The van der Waals surface area contributed by atoms with Crippen molar-refractivity contribution in [2.24, 2.45) is 0 Å². The maximum absolute atomic E-state index is 12.9. The fourth-order valence-electron chi connectivity index (χ4n) is 2.64. The fraction of sp³-hybridized carbons (Fsp3) is 0.300. The highest BCUT2D eigenvalue weighted by atomic mass is 16.5. The predicted octanol–water partition coefficient (Wildman–Crippen LogP) is 3.32. The van der Waals surface area contributed by atoms with Crippen LogP contribution in [0.4, 0.5) is 5.69 Å². The summed E-state index contributed by atoms with van der Waals surface area (Å²) in [5.74, 6) is 0.997. The number of anilines is 1. The van der Waals surface area contributed by atoms with Crippen molar-refractivity contribution >= 4 is 17.5 Å². The number of nitrogens with zero attached hydrogens (tertiary/aromatic N) is 1. The van der Waals surface area contributed by atoms with Gasteiger partial charge in [0.2, 0.25) is 5.91 Å². The Morgan fingerprint density at radius 1 is 1.04 bits per heavy atom. The molecule has 0 atom stereocenters. The lowest BCUT2D eigenvalue weighted by Crippen LogP contribution is -2.30. The molecule has 0 aliphatic carbocycles. The summed E-state index contributed by atoms with van der Waals surface area (Å²) in [7, 11) is 3.17. The number of methoxy groups -OCH3 is 2. The van der Waals surface area contributed by atoms with E-state index in [1.165, 1.54) is 6.92 Å². The highest BCUT2D eigenvalue weighted by Gasteiger charge is 2.16. The number of benzene rings is 2. The van der Waals surface area contributed by atoms with Gasteiger partial charge in [0.1, 0.15) is 0 Å². The Bertz CT molecular complexity index is 789. The molecule has 0 aromatic heterocycles. The van der Waals surface area contributed by atoms with Crippen molar-refractivity contribution in [1.29, 1.82) is 0 Å². The van der Waals surface area contributed by atoms with E-state index in [-0.39, 0.29) is 11.8 Å². The summed E-state index contributed by atoms with van der Waals surface area (Å²) >= 11 is 0. The predicted molar refractivity (Wildman–Crippen MR) is 101 cm³/mol. The molecule has 6 heteroatoms. The first-order chi connectivity index (χ1) is 12.5. The summed E-state index contributed by atoms with van der Waals surface area (Å²) in [6.07, 6.45) is 0. The second kappa shape index (κ2) is 8.89. The smallest absolute Gasteiger partial charge is 0.254 e. The Labute approximate surface area is 153 Å². The lowest BCUT2D eigenvalue weighted by atomic mass is 10.1. The summed E-state index contributed by atoms with van der Waals surface area (Å²) in [6.45, 7) is 4.36. The van der Waals surface area contributed by atoms with Crippen LogP contribution in [-0.4, -0.2) is 37.5 Å². The average molecular weight is 356 g/mol. The van der Waals surface area contributed by atoms with Gasteiger partial charge in [-0.05, 0) is 42.8 Å². The van der Waals surface area contributed by atoms with Gasteiger partial charge in [-0.3, -0.25) is 9.59 Å². The average Bonchev–Trinajstić information content (AvgIpc) is 2.65. The van der Waals surface area contributed by atoms with Crippen LogP contribution in [0.3, 0.4) is 0 Å². The molecule has 1 N–H and O–H groups in total. The Hall–Kier alpha value is -3.02. The number of rotatable bonds is 7. The van der Waals surface area contributed by atoms with Gasteiger partial charge in [-0.2, -0.15) is 0 Å². The minimum Gasteiger partial charge on any atom is -0.493 e. The summed E-state index contributed by atoms with van der Waals surface area (Å²) in [5, 5.41) is 2.69. The molecular formula is C20H24N2O4. The third kappa shape index (κ3) is 4.75. The number of hydrogen-bond acceptors (Lipinski definition) is 4. The van der Waals surface area contributed by atoms with Gasteiger partial charge in [-0.25, -0.2) is 0 Å². The van der Waals surface area contributed by atoms with Crippen LogP contribution < -0.4 is 14.8 Å². The van der Waals surface area contributed by atoms with Crippen LogP contribution in [-0.2, 0) is 11.3 Å². The minimum atomic E-state index is -0.174. The van der Waals surface area contributed by atoms with E-state index in [1.54, 1.807) is 43.4 Å². The number of amides is 2. The molecule has 2 aromatic carbocycles. The van der Waals surface area contributed by atoms with Crippen LogP contribution in [0.25, 0.3) is 0 Å². The molecule has 2 rings (SSSR count). The summed E-state index contributed by atoms with van der Waals surface area (Å²) in [5.41, 5.74) is 2.07. The van der Waals surface area contributed by atoms with Crippen LogP contribution in [0, 0.1) is 0 Å². The van der Waals surface area contributed by atoms with Crippen LogP contribution in [0.15, 0.2) is 42.5 Å². The number of ether oxygens (including phenoxy) is 2. The molecule has 0 aliphatic rings. The van der Waals surface area contributed by atoms with E-state index in [9.17, 15) is 9.59 Å². The van der Waals surface area contributed by atoms with Crippen molar-refractivity contribution in [3.63, 3.8) is 0 Å². The minimum absolute atomic E-state index is 0.102. The van der Waals surface area contributed by atoms with Gasteiger partial charge in [0.15, 0.2) is 11.5 Å². The standard InChI is InChI=1S/C20H24N2O4/c1-5-22(13-15-9-10-18(25-3)19(11-15)26-4)20(24)16-7-6-8-17(12-16)21-14(2)23/h6-12H,5,13H2,1-4H3,(H,21,23). The zero-order valence-electron chi connectivity index (χ0n) is 15.5. The maximum atomic E-state index is 12.9. The highest BCUT2D eigenvalue weighted by Crippen LogP contribution is 2.28. The van der Waals surface area contributed by atoms with Gasteiger partial charge in [0, 0.05) is 31.3 Å². The number of nitrogens with one attached hydrogen (secondary N) is 1. The molecule has 26 heavy (non-hydrogen) atoms. The Kier molecular flexibility index (Phi) is 6.60. The molecule has 0 aliphatic heterocycles. The van der Waals surface area contributed by atoms with Crippen LogP contribution in [0.1, 0.15) is 29.8 Å². The lowest BCUT2D eigenvalue weighted by molar-refractivity contribution is -0.114. The normalized spacial score (nSPS) is 10.2. The Morgan fingerprint density at radius 3 is 2.38 bits per heavy atom. The molecule has 0 saturated heterocycles. The second-order valence-electron chi connectivity index (χ2n) is 5.77. The van der Waals surface area contributed by atoms with Crippen molar-refractivity contribution in [2.45, 2.75) is 20.4 Å². The SMILES string of the molecule is CCN(Cc1ccc(OC)c(OC)c1)C(=O)c1cccc(NC(C)=O)c1. The van der Waals surface area contributed by atoms with Gasteiger partial charge < -0.3 is 19.7 Å². The Morgan fingerprint density at radius 2 is 1.77 bits per heavy atom. The zero-order valence-corrected chi connectivity index (χ0v) is 15.5. The molecule has 0 unspecified atom stereocenters. The van der Waals surface area contributed by atoms with E-state index in [1.807, 2.05) is 25.1 Å². The first-order valence-corrected chi connectivity index (χ1v) is 8.36. The van der Waals surface area contributed by atoms with Gasteiger partial charge >= 0.3 is 0 Å². The molecule has 2 amide bonds. The third-order valence-corrected chi connectivity index (χ3v) is 3.92. The van der Waals surface area contributed by atoms with Crippen molar-refractivity contribution in [1.82, 2.24) is 4.90 Å². The molecular weight excluding hydrogens is 332 g/mol. The van der Waals surface area contributed by atoms with E-state index < -0.39 is 0 Å². The van der Waals surface area contributed by atoms with Crippen molar-refractivity contribution in [3.8, 4) is 11.5 Å². The van der Waals surface area contributed by atoms with Gasteiger partial charge in [0.05, 0.1) is 14.2 Å². The van der Waals surface area contributed by atoms with Crippen molar-refractivity contribution in [3.05, 3.63) is 53.6 Å². The largest absolute Gasteiger partial charge is 0.493 e. The molecule has 0 saturated carbocycles. The van der Waals surface area contributed by atoms with E-state index in [0.717, 1.165) is 5.56 Å². The topological polar surface area (TPSA) is 67.9 Å². The molecule has 6 nitrogen and oxygen atoms in total. The Balaban J connectivity index is 2.20. The van der Waals surface area contributed by atoms with Gasteiger partial charge in [-0.15, -0.1) is 0 Å². The third-order valence-electron chi connectivity index (χ3n) is 3.92. The molecule has 0 fully saturated rings. The van der Waals surface area contributed by atoms with Crippen molar-refractivity contribution in [2.75, 3.05) is 26.1 Å². The monoisotopic (exact) mass is 356 g/mol. The first-order valence-electron chi connectivity index (χ1n) is 8.36. The number of carbonyl (C=O) groups is 2. The van der Waals surface area contributed by atoms with Crippen LogP contribution in [0.2, 0.25) is 0 Å².